The second kappa shape index (κ2) is 4.49. The third kappa shape index (κ3) is 2.23. The number of carbonyl (C=O) groups excluding carboxylic acids is 1. The van der Waals surface area contributed by atoms with Gasteiger partial charge >= 0.3 is 14.4 Å². The molecule has 4 nitrogen and oxygen atoms in total. The molecular formula is C14H10B2NO3. The predicted molar refractivity (Wildman–Crippen MR) is 78.0 cm³/mol. The van der Waals surface area contributed by atoms with Gasteiger partial charge in [0.05, 0.1) is 5.90 Å². The topological polar surface area (TPSA) is 54.5 Å². The molecule has 0 amide bonds. The highest BCUT2D eigenvalue weighted by molar-refractivity contribution is 7.04. The number of ketones is 1. The average Bonchev–Trinajstić information content (AvgIpc) is 3.37. The molecule has 2 saturated heterocycles. The molecule has 2 fully saturated rings. The van der Waals surface area contributed by atoms with Gasteiger partial charge in [-0.05, 0) is 16.8 Å². The van der Waals surface area contributed by atoms with Crippen LogP contribution in [0.25, 0.3) is 10.8 Å². The van der Waals surface area contributed by atoms with Crippen LogP contribution in [-0.4, -0.2) is 38.4 Å². The zero-order valence-corrected chi connectivity index (χ0v) is 10.7. The van der Waals surface area contributed by atoms with E-state index in [1.165, 1.54) is 0 Å². The lowest BCUT2D eigenvalue weighted by molar-refractivity contribution is 0.100. The van der Waals surface area contributed by atoms with Gasteiger partial charge in [0.2, 0.25) is 0 Å². The molecule has 1 atom stereocenters. The van der Waals surface area contributed by atoms with Gasteiger partial charge < -0.3 is 9.31 Å². The third-order valence-corrected chi connectivity index (χ3v) is 3.48. The average molecular weight is 262 g/mol. The maximum atomic E-state index is 12.1. The first-order valence-electron chi connectivity index (χ1n) is 6.53. The van der Waals surface area contributed by atoms with Crippen LogP contribution in [0.2, 0.25) is 0 Å². The molecule has 20 heavy (non-hydrogen) atoms. The molecule has 0 N–H and O–H groups in total. The molecule has 0 bridgehead atoms. The van der Waals surface area contributed by atoms with Crippen LogP contribution in [0.5, 0.6) is 0 Å². The molecule has 2 aromatic carbocycles. The molecule has 0 saturated carbocycles. The van der Waals surface area contributed by atoms with Crippen LogP contribution < -0.4 is 0 Å². The van der Waals surface area contributed by atoms with Crippen molar-refractivity contribution in [2.45, 2.75) is 5.90 Å². The highest BCUT2D eigenvalue weighted by Gasteiger charge is 2.56. The number of Topliss-reactive ketones (excluding diaryl/α,β-unsaturated/α-hetero) is 1. The smallest absolute Gasteiger partial charge is 0.473 e. The molecule has 1 radical (unpaired) electrons. The normalized spacial score (nSPS) is 21.5. The van der Waals surface area contributed by atoms with E-state index in [1.54, 1.807) is 7.48 Å². The van der Waals surface area contributed by atoms with E-state index < -0.39 is 0 Å². The third-order valence-electron chi connectivity index (χ3n) is 3.48. The molecule has 0 spiro atoms. The van der Waals surface area contributed by atoms with Gasteiger partial charge in [0.25, 0.3) is 0 Å². The SMILES string of the molecule is O=C(CN=C1OB1C1[B]O1)c1ccc2ccccc2c1. The number of hydrogen-bond acceptors (Lipinski definition) is 4. The van der Waals surface area contributed by atoms with E-state index in [2.05, 4.69) is 4.99 Å². The molecule has 0 aromatic heterocycles. The van der Waals surface area contributed by atoms with E-state index in [0.29, 0.717) is 11.4 Å². The first kappa shape index (κ1) is 11.7. The van der Waals surface area contributed by atoms with Gasteiger partial charge in [-0.15, -0.1) is 0 Å². The number of rotatable bonds is 4. The van der Waals surface area contributed by atoms with Gasteiger partial charge in [-0.3, -0.25) is 9.79 Å². The molecule has 4 rings (SSSR count). The number of carbonyl (C=O) groups is 1. The Morgan fingerprint density at radius 3 is 2.85 bits per heavy atom. The van der Waals surface area contributed by atoms with Crippen LogP contribution >= 0.6 is 0 Å². The van der Waals surface area contributed by atoms with Crippen LogP contribution in [0.1, 0.15) is 10.4 Å². The molecular weight excluding hydrogens is 252 g/mol. The molecule has 2 aromatic rings. The van der Waals surface area contributed by atoms with Crippen molar-refractivity contribution in [3.8, 4) is 0 Å². The lowest BCUT2D eigenvalue weighted by atomic mass is 9.65. The monoisotopic (exact) mass is 262 g/mol. The highest BCUT2D eigenvalue weighted by atomic mass is 16.6. The minimum Gasteiger partial charge on any atom is -0.545 e. The van der Waals surface area contributed by atoms with Crippen LogP contribution in [0.15, 0.2) is 47.5 Å². The fourth-order valence-electron chi connectivity index (χ4n) is 2.22. The summed E-state index contributed by atoms with van der Waals surface area (Å²) in [6.07, 6.45) is 0. The number of nitrogens with zero attached hydrogens (tertiary/aromatic N) is 1. The second-order valence-electron chi connectivity index (χ2n) is 4.91. The van der Waals surface area contributed by atoms with Gasteiger partial charge in [-0.25, -0.2) is 0 Å². The molecule has 2 aliphatic rings. The van der Waals surface area contributed by atoms with Gasteiger partial charge in [0, 0.05) is 5.56 Å². The lowest BCUT2D eigenvalue weighted by Gasteiger charge is -2.01. The van der Waals surface area contributed by atoms with Crippen molar-refractivity contribution in [2.24, 2.45) is 4.99 Å². The zero-order valence-electron chi connectivity index (χ0n) is 10.7. The van der Waals surface area contributed by atoms with E-state index >= 15 is 0 Å². The Balaban J connectivity index is 1.49. The maximum absolute atomic E-state index is 12.1. The Morgan fingerprint density at radius 1 is 1.25 bits per heavy atom. The van der Waals surface area contributed by atoms with Crippen molar-refractivity contribution >= 4 is 36.8 Å². The second-order valence-corrected chi connectivity index (χ2v) is 4.91. The van der Waals surface area contributed by atoms with Crippen molar-refractivity contribution in [3.05, 3.63) is 48.0 Å². The summed E-state index contributed by atoms with van der Waals surface area (Å²) in [7, 11) is 1.71. The summed E-state index contributed by atoms with van der Waals surface area (Å²) in [5, 5.41) is 2.19. The summed E-state index contributed by atoms with van der Waals surface area (Å²) in [6, 6.07) is 13.7. The van der Waals surface area contributed by atoms with Crippen molar-refractivity contribution in [1.82, 2.24) is 0 Å². The Morgan fingerprint density at radius 2 is 2.05 bits per heavy atom. The molecule has 2 aliphatic heterocycles. The Kier molecular flexibility index (Phi) is 2.63. The van der Waals surface area contributed by atoms with E-state index in [1.807, 2.05) is 42.5 Å². The van der Waals surface area contributed by atoms with Gasteiger partial charge in [-0.1, -0.05) is 36.4 Å². The summed E-state index contributed by atoms with van der Waals surface area (Å²) in [5.41, 5.74) is 0.680. The fraction of sp³-hybridized carbons (Fsp3) is 0.143. The maximum Gasteiger partial charge on any atom is 0.473 e. The van der Waals surface area contributed by atoms with Crippen LogP contribution in [0, 0.1) is 0 Å². The first-order valence-corrected chi connectivity index (χ1v) is 6.53. The summed E-state index contributed by atoms with van der Waals surface area (Å²) in [4.78, 5) is 16.3. The van der Waals surface area contributed by atoms with Gasteiger partial charge in [0.1, 0.15) is 6.54 Å². The minimum atomic E-state index is -0.0561. The first-order chi connectivity index (χ1) is 9.81. The fourth-order valence-corrected chi connectivity index (χ4v) is 2.22. The highest BCUT2D eigenvalue weighted by Crippen LogP contribution is 2.23. The molecule has 6 heteroatoms. The number of fused-ring (bicyclic) bond motifs is 1. The molecule has 1 unspecified atom stereocenters. The van der Waals surface area contributed by atoms with E-state index in [-0.39, 0.29) is 25.1 Å². The van der Waals surface area contributed by atoms with Crippen molar-refractivity contribution in [3.63, 3.8) is 0 Å². The zero-order chi connectivity index (χ0) is 13.5. The van der Waals surface area contributed by atoms with Crippen molar-refractivity contribution in [1.29, 1.82) is 0 Å². The minimum absolute atomic E-state index is 0.00167. The Hall–Kier alpha value is -2.07. The quantitative estimate of drug-likeness (QED) is 0.476. The van der Waals surface area contributed by atoms with Crippen LogP contribution in [0.3, 0.4) is 0 Å². The van der Waals surface area contributed by atoms with Crippen molar-refractivity contribution < 1.29 is 14.1 Å². The summed E-state index contributed by atoms with van der Waals surface area (Å²) in [5.74, 6) is 0.667. The molecule has 95 valence electrons. The lowest BCUT2D eigenvalue weighted by Crippen LogP contribution is -2.07. The van der Waals surface area contributed by atoms with Gasteiger partial charge in [0.15, 0.2) is 11.6 Å². The Labute approximate surface area is 117 Å². The van der Waals surface area contributed by atoms with Crippen molar-refractivity contribution in [2.75, 3.05) is 6.54 Å². The van der Waals surface area contributed by atoms with Crippen LogP contribution in [0.4, 0.5) is 0 Å². The number of benzene rings is 2. The summed E-state index contributed by atoms with van der Waals surface area (Å²) < 4.78 is 10.2. The predicted octanol–water partition coefficient (Wildman–Crippen LogP) is 1.50. The largest absolute Gasteiger partial charge is 0.545 e. The Bertz CT molecular complexity index is 727. The summed E-state index contributed by atoms with van der Waals surface area (Å²) in [6.45, 7) is 0.0658. The standard InChI is InChI=1S/C14H10B2NO3/c18-12(8-17-14-16(20-14)13-15-19-13)11-6-5-9-3-1-2-4-10(9)7-11/h1-7,13H,8H2. The van der Waals surface area contributed by atoms with Gasteiger partial charge in [-0.2, -0.15) is 0 Å². The number of hydrogen-bond donors (Lipinski definition) is 0. The molecule has 2 heterocycles. The molecule has 0 aliphatic carbocycles. The van der Waals surface area contributed by atoms with E-state index in [4.69, 9.17) is 9.31 Å². The number of aliphatic imine (C=N–C) groups is 1. The van der Waals surface area contributed by atoms with Crippen LogP contribution in [-0.2, 0) is 9.31 Å². The van der Waals surface area contributed by atoms with E-state index in [9.17, 15) is 4.79 Å². The van der Waals surface area contributed by atoms with E-state index in [0.717, 1.165) is 10.8 Å². The summed E-state index contributed by atoms with van der Waals surface area (Å²) >= 11 is 0.